The van der Waals surface area contributed by atoms with Crippen molar-refractivity contribution in [3.63, 3.8) is 0 Å². The van der Waals surface area contributed by atoms with Crippen molar-refractivity contribution in [1.29, 1.82) is 0 Å². The van der Waals surface area contributed by atoms with Crippen molar-refractivity contribution in [3.8, 4) is 0 Å². The van der Waals surface area contributed by atoms with Crippen LogP contribution < -0.4 is 0 Å². The van der Waals surface area contributed by atoms with E-state index in [-0.39, 0.29) is 0 Å². The van der Waals surface area contributed by atoms with Crippen LogP contribution in [0.15, 0.2) is 127 Å². The van der Waals surface area contributed by atoms with Crippen LogP contribution in [-0.2, 0) is 10.3 Å². The second-order valence-corrected chi connectivity index (χ2v) is 14.4. The zero-order valence-electron chi connectivity index (χ0n) is 31.9. The summed E-state index contributed by atoms with van der Waals surface area (Å²) in [5, 5.41) is 26.9. The van der Waals surface area contributed by atoms with Gasteiger partial charge in [-0.3, -0.25) is 0 Å². The minimum atomic E-state index is -2.01. The number of hydrogen-bond acceptors (Lipinski definition) is 3. The van der Waals surface area contributed by atoms with Crippen LogP contribution in [0, 0.1) is 0 Å². The smallest absolute Gasteiger partial charge is 0.402 e. The van der Waals surface area contributed by atoms with Gasteiger partial charge in [0.05, 0.1) is 26.2 Å². The molecular weight excluding hydrogens is 637 g/mol. The molecule has 4 nitrogen and oxygen atoms in total. The lowest BCUT2D eigenvalue weighted by Crippen LogP contribution is -2.50. The van der Waals surface area contributed by atoms with Crippen LogP contribution in [0.25, 0.3) is 32.3 Å². The van der Waals surface area contributed by atoms with Gasteiger partial charge in [0, 0.05) is 0 Å². The Bertz CT molecular complexity index is 1740. The molecule has 272 valence electrons. The van der Waals surface area contributed by atoms with E-state index >= 15 is 0 Å². The van der Waals surface area contributed by atoms with Gasteiger partial charge in [0.25, 0.3) is 0 Å². The maximum atomic E-state index is 10.4. The molecule has 6 aromatic carbocycles. The van der Waals surface area contributed by atoms with Crippen molar-refractivity contribution in [2.45, 2.75) is 84.7 Å². The Labute approximate surface area is 312 Å². The summed E-state index contributed by atoms with van der Waals surface area (Å²) < 4.78 is 7.75. The van der Waals surface area contributed by atoms with Gasteiger partial charge >= 0.3 is 7.32 Å². The molecule has 0 heterocycles. The van der Waals surface area contributed by atoms with Crippen molar-refractivity contribution in [2.75, 3.05) is 26.2 Å². The van der Waals surface area contributed by atoms with E-state index in [1.54, 1.807) is 0 Å². The van der Waals surface area contributed by atoms with E-state index in [4.69, 9.17) is 4.65 Å². The summed E-state index contributed by atoms with van der Waals surface area (Å²) in [7, 11) is -2.01. The highest BCUT2D eigenvalue weighted by atomic mass is 16.6. The molecule has 52 heavy (non-hydrogen) atoms. The zero-order chi connectivity index (χ0) is 36.8. The van der Waals surface area contributed by atoms with E-state index in [2.05, 4.69) is 82.3 Å². The lowest BCUT2D eigenvalue weighted by atomic mass is 9.74. The summed E-state index contributed by atoms with van der Waals surface area (Å²) >= 11 is 0. The Balaban J connectivity index is 0.000000262. The molecule has 6 rings (SSSR count). The van der Waals surface area contributed by atoms with Crippen molar-refractivity contribution in [3.05, 3.63) is 144 Å². The standard InChI is InChI=1S/C31H23BO3.C16H36N/c33-32(34)35-31(28-19-7-13-22-10-1-4-16-25(22)28,29-20-8-14-23-11-2-5-17-26(23)29)30-21-9-15-24-12-3-6-18-27(24)30;1-5-9-13-17(14-10-6-2,15-11-7-3)16-12-8-4/h1-21,33-34H;5-16H2,1-4H3/q;+1. The maximum absolute atomic E-state index is 10.4. The minimum Gasteiger partial charge on any atom is -0.402 e. The SMILES string of the molecule is CCCC[N+](CCCC)(CCCC)CCCC.OB(O)OC(c1cccc2ccccc12)(c1cccc2ccccc12)c1cccc2ccccc12. The maximum Gasteiger partial charge on any atom is 0.635 e. The molecule has 0 fully saturated rings. The van der Waals surface area contributed by atoms with Crippen LogP contribution in [0.3, 0.4) is 0 Å². The lowest BCUT2D eigenvalue weighted by Gasteiger charge is -2.39. The first kappa shape index (κ1) is 39.2. The summed E-state index contributed by atoms with van der Waals surface area (Å²) in [6.45, 7) is 15.0. The molecule has 0 unspecified atom stereocenters. The molecular formula is C47H59BNO3+. The number of unbranched alkanes of at least 4 members (excludes halogenated alkanes) is 4. The van der Waals surface area contributed by atoms with Crippen molar-refractivity contribution >= 4 is 39.6 Å². The number of hydrogen-bond donors (Lipinski definition) is 2. The van der Waals surface area contributed by atoms with Gasteiger partial charge in [-0.15, -0.1) is 0 Å². The van der Waals surface area contributed by atoms with E-state index in [0.717, 1.165) is 49.0 Å². The molecule has 0 spiro atoms. The minimum absolute atomic E-state index is 0.844. The van der Waals surface area contributed by atoms with Gasteiger partial charge in [0.15, 0.2) is 0 Å². The fourth-order valence-electron chi connectivity index (χ4n) is 8.03. The molecule has 0 aliphatic carbocycles. The molecule has 5 heteroatoms. The first-order valence-electron chi connectivity index (χ1n) is 19.8. The molecule has 0 aromatic heterocycles. The third kappa shape index (κ3) is 8.96. The molecule has 0 radical (unpaired) electrons. The first-order valence-corrected chi connectivity index (χ1v) is 19.8. The van der Waals surface area contributed by atoms with Gasteiger partial charge in [0.1, 0.15) is 5.60 Å². The Morgan fingerprint density at radius 2 is 0.731 bits per heavy atom. The Morgan fingerprint density at radius 3 is 1.02 bits per heavy atom. The Kier molecular flexibility index (Phi) is 14.5. The van der Waals surface area contributed by atoms with Crippen LogP contribution in [-0.4, -0.2) is 48.0 Å². The molecule has 0 amide bonds. The third-order valence-electron chi connectivity index (χ3n) is 10.7. The van der Waals surface area contributed by atoms with Crippen LogP contribution in [0.5, 0.6) is 0 Å². The average Bonchev–Trinajstić information content (AvgIpc) is 3.19. The summed E-state index contributed by atoms with van der Waals surface area (Å²) in [6, 6.07) is 42.6. The predicted molar refractivity (Wildman–Crippen MR) is 222 cm³/mol. The topological polar surface area (TPSA) is 49.7 Å². The second kappa shape index (κ2) is 19.2. The summed E-state index contributed by atoms with van der Waals surface area (Å²) in [4.78, 5) is 0. The van der Waals surface area contributed by atoms with Crippen molar-refractivity contribution in [2.24, 2.45) is 0 Å². The third-order valence-corrected chi connectivity index (χ3v) is 10.7. The van der Waals surface area contributed by atoms with Crippen LogP contribution in [0.4, 0.5) is 0 Å². The number of quaternary nitrogens is 1. The Morgan fingerprint density at radius 1 is 0.442 bits per heavy atom. The van der Waals surface area contributed by atoms with E-state index in [1.165, 1.54) is 82.0 Å². The quantitative estimate of drug-likeness (QED) is 0.0567. The van der Waals surface area contributed by atoms with E-state index in [1.807, 2.05) is 72.8 Å². The zero-order valence-corrected chi connectivity index (χ0v) is 31.9. The molecule has 0 aliphatic heterocycles. The van der Waals surface area contributed by atoms with Gasteiger partial charge in [-0.05, 0) is 74.7 Å². The Hall–Kier alpha value is -4.00. The fourth-order valence-corrected chi connectivity index (χ4v) is 8.03. The number of nitrogens with zero attached hydrogens (tertiary/aromatic N) is 1. The molecule has 0 saturated carbocycles. The molecule has 0 bridgehead atoms. The summed E-state index contributed by atoms with van der Waals surface area (Å²) in [5.41, 5.74) is 1.22. The van der Waals surface area contributed by atoms with Crippen LogP contribution >= 0.6 is 0 Å². The van der Waals surface area contributed by atoms with Gasteiger partial charge in [0.2, 0.25) is 0 Å². The van der Waals surface area contributed by atoms with Gasteiger partial charge in [-0.1, -0.05) is 181 Å². The number of benzene rings is 6. The number of rotatable bonds is 17. The largest absolute Gasteiger partial charge is 0.635 e. The molecule has 2 N–H and O–H groups in total. The van der Waals surface area contributed by atoms with Gasteiger partial charge in [-0.25, -0.2) is 0 Å². The highest BCUT2D eigenvalue weighted by Gasteiger charge is 2.44. The summed E-state index contributed by atoms with van der Waals surface area (Å²) in [5.74, 6) is 0. The normalized spacial score (nSPS) is 11.9. The van der Waals surface area contributed by atoms with Crippen LogP contribution in [0.1, 0.15) is 95.8 Å². The predicted octanol–water partition coefficient (Wildman–Crippen LogP) is 11.4. The van der Waals surface area contributed by atoms with E-state index < -0.39 is 12.9 Å². The molecule has 0 saturated heterocycles. The fraction of sp³-hybridized carbons (Fsp3) is 0.362. The first-order chi connectivity index (χ1) is 25.4. The monoisotopic (exact) mass is 696 g/mol. The second-order valence-electron chi connectivity index (χ2n) is 14.4. The molecule has 6 aromatic rings. The van der Waals surface area contributed by atoms with Crippen molar-refractivity contribution in [1.82, 2.24) is 0 Å². The molecule has 0 atom stereocenters. The van der Waals surface area contributed by atoms with Crippen LogP contribution in [0.2, 0.25) is 0 Å². The van der Waals surface area contributed by atoms with E-state index in [0.29, 0.717) is 0 Å². The van der Waals surface area contributed by atoms with Gasteiger partial charge < -0.3 is 19.2 Å². The lowest BCUT2D eigenvalue weighted by molar-refractivity contribution is -0.929. The average molecular weight is 697 g/mol. The molecule has 0 aliphatic rings. The number of fused-ring (bicyclic) bond motifs is 3. The highest BCUT2D eigenvalue weighted by molar-refractivity contribution is 6.33. The highest BCUT2D eigenvalue weighted by Crippen LogP contribution is 2.48. The van der Waals surface area contributed by atoms with Gasteiger partial charge in [-0.2, -0.15) is 0 Å². The van der Waals surface area contributed by atoms with E-state index in [9.17, 15) is 10.0 Å². The van der Waals surface area contributed by atoms with Crippen molar-refractivity contribution < 1.29 is 19.2 Å². The summed E-state index contributed by atoms with van der Waals surface area (Å²) in [6.07, 6.45) is 11.1.